The first-order chi connectivity index (χ1) is 10.6. The van der Waals surface area contributed by atoms with Crippen LogP contribution in [0.4, 0.5) is 5.82 Å². The third kappa shape index (κ3) is 3.28. The smallest absolute Gasteiger partial charge is 0.133 e. The van der Waals surface area contributed by atoms with Crippen LogP contribution in [-0.2, 0) is 6.42 Å². The summed E-state index contributed by atoms with van der Waals surface area (Å²) in [4.78, 5) is 9.12. The number of nitrogens with zero attached hydrogens (tertiary/aromatic N) is 2. The molecule has 0 bridgehead atoms. The average molecular weight is 296 g/mol. The number of benzene rings is 1. The normalized spacial score (nSPS) is 17.4. The van der Waals surface area contributed by atoms with Crippen LogP contribution in [0.25, 0.3) is 0 Å². The Morgan fingerprint density at radius 3 is 2.91 bits per heavy atom. The quantitative estimate of drug-likeness (QED) is 0.909. The molecule has 0 fully saturated rings. The van der Waals surface area contributed by atoms with Crippen LogP contribution in [-0.4, -0.2) is 23.1 Å². The van der Waals surface area contributed by atoms with Crippen molar-refractivity contribution in [2.45, 2.75) is 39.2 Å². The van der Waals surface area contributed by atoms with Gasteiger partial charge in [-0.3, -0.25) is 0 Å². The van der Waals surface area contributed by atoms with Gasteiger partial charge in [-0.2, -0.15) is 0 Å². The Morgan fingerprint density at radius 1 is 1.27 bits per heavy atom. The van der Waals surface area contributed by atoms with Crippen LogP contribution in [0.3, 0.4) is 0 Å². The van der Waals surface area contributed by atoms with Crippen LogP contribution in [0.1, 0.15) is 48.5 Å². The van der Waals surface area contributed by atoms with Crippen molar-refractivity contribution in [1.29, 1.82) is 0 Å². The number of anilines is 1. The second kappa shape index (κ2) is 6.44. The number of hydrogen-bond acceptors (Lipinski definition) is 4. The van der Waals surface area contributed by atoms with E-state index >= 15 is 0 Å². The molecule has 1 unspecified atom stereocenters. The number of aryl methyl sites for hydroxylation is 1. The molecule has 0 amide bonds. The molecule has 3 rings (SSSR count). The molecule has 1 aliphatic rings. The molecule has 0 saturated carbocycles. The summed E-state index contributed by atoms with van der Waals surface area (Å²) in [6, 6.07) is 11.0. The van der Waals surface area contributed by atoms with E-state index in [2.05, 4.69) is 58.7 Å². The zero-order valence-corrected chi connectivity index (χ0v) is 13.6. The lowest BCUT2D eigenvalue weighted by Gasteiger charge is -2.27. The van der Waals surface area contributed by atoms with E-state index in [9.17, 15) is 0 Å². The second-order valence-corrected chi connectivity index (χ2v) is 6.24. The van der Waals surface area contributed by atoms with Crippen LogP contribution >= 0.6 is 0 Å². The van der Waals surface area contributed by atoms with Gasteiger partial charge in [-0.1, -0.05) is 38.1 Å². The maximum Gasteiger partial charge on any atom is 0.133 e. The largest absolute Gasteiger partial charge is 0.368 e. The standard InChI is InChI=1S/C18H24N4/c1-12(2)18-21-13(3)10-17(22-18)20-11-16-15-7-5-4-6-14(15)8-9-19-16/h4-7,10,12,16,19H,8-9,11H2,1-3H3,(H,20,21,22). The van der Waals surface area contributed by atoms with E-state index in [0.717, 1.165) is 36.8 Å². The average Bonchev–Trinajstić information content (AvgIpc) is 2.52. The van der Waals surface area contributed by atoms with Crippen LogP contribution in [0.2, 0.25) is 0 Å². The Hall–Kier alpha value is -1.94. The molecule has 1 aromatic carbocycles. The molecule has 116 valence electrons. The maximum absolute atomic E-state index is 4.62. The Kier molecular flexibility index (Phi) is 4.39. The summed E-state index contributed by atoms with van der Waals surface area (Å²) in [5.74, 6) is 2.16. The van der Waals surface area contributed by atoms with Crippen molar-refractivity contribution in [2.75, 3.05) is 18.4 Å². The van der Waals surface area contributed by atoms with Crippen molar-refractivity contribution in [3.63, 3.8) is 0 Å². The molecule has 4 heteroatoms. The Balaban J connectivity index is 1.74. The summed E-state index contributed by atoms with van der Waals surface area (Å²) < 4.78 is 0. The van der Waals surface area contributed by atoms with Crippen molar-refractivity contribution < 1.29 is 0 Å². The van der Waals surface area contributed by atoms with Gasteiger partial charge in [0.05, 0.1) is 0 Å². The van der Waals surface area contributed by atoms with Gasteiger partial charge in [0, 0.05) is 30.3 Å². The predicted octanol–water partition coefficient (Wildman–Crippen LogP) is 3.21. The van der Waals surface area contributed by atoms with Gasteiger partial charge in [0.15, 0.2) is 0 Å². The van der Waals surface area contributed by atoms with Crippen LogP contribution < -0.4 is 10.6 Å². The van der Waals surface area contributed by atoms with Gasteiger partial charge in [-0.25, -0.2) is 9.97 Å². The van der Waals surface area contributed by atoms with Gasteiger partial charge in [-0.05, 0) is 31.0 Å². The minimum absolute atomic E-state index is 0.336. The summed E-state index contributed by atoms with van der Waals surface area (Å²) >= 11 is 0. The highest BCUT2D eigenvalue weighted by atomic mass is 15.1. The van der Waals surface area contributed by atoms with Gasteiger partial charge in [0.1, 0.15) is 11.6 Å². The number of hydrogen-bond donors (Lipinski definition) is 2. The lowest BCUT2D eigenvalue weighted by atomic mass is 9.94. The van der Waals surface area contributed by atoms with E-state index in [0.29, 0.717) is 12.0 Å². The third-order valence-corrected chi connectivity index (χ3v) is 4.09. The van der Waals surface area contributed by atoms with Crippen molar-refractivity contribution in [3.8, 4) is 0 Å². The monoisotopic (exact) mass is 296 g/mol. The molecule has 0 saturated heterocycles. The fourth-order valence-corrected chi connectivity index (χ4v) is 2.92. The lowest BCUT2D eigenvalue weighted by Crippen LogP contribution is -2.34. The molecule has 0 aliphatic carbocycles. The molecular formula is C18H24N4. The van der Waals surface area contributed by atoms with Crippen LogP contribution in [0, 0.1) is 6.92 Å². The Morgan fingerprint density at radius 2 is 2.09 bits per heavy atom. The summed E-state index contributed by atoms with van der Waals surface area (Å²) in [7, 11) is 0. The highest BCUT2D eigenvalue weighted by molar-refractivity contribution is 5.39. The van der Waals surface area contributed by atoms with Crippen molar-refractivity contribution in [1.82, 2.24) is 15.3 Å². The molecule has 2 N–H and O–H groups in total. The van der Waals surface area contributed by atoms with E-state index in [1.54, 1.807) is 0 Å². The van der Waals surface area contributed by atoms with Gasteiger partial charge in [0.25, 0.3) is 0 Å². The molecular weight excluding hydrogens is 272 g/mol. The first-order valence-corrected chi connectivity index (χ1v) is 8.04. The van der Waals surface area contributed by atoms with Crippen molar-refractivity contribution >= 4 is 5.82 Å². The van der Waals surface area contributed by atoms with Gasteiger partial charge in [-0.15, -0.1) is 0 Å². The van der Waals surface area contributed by atoms with Crippen LogP contribution in [0.15, 0.2) is 30.3 Å². The summed E-state index contributed by atoms with van der Waals surface area (Å²) in [5.41, 5.74) is 3.86. The van der Waals surface area contributed by atoms with Gasteiger partial charge in [0.2, 0.25) is 0 Å². The Bertz CT molecular complexity index is 651. The minimum atomic E-state index is 0.336. The summed E-state index contributed by atoms with van der Waals surface area (Å²) in [6.07, 6.45) is 1.11. The van der Waals surface area contributed by atoms with E-state index in [-0.39, 0.29) is 0 Å². The van der Waals surface area contributed by atoms with E-state index in [4.69, 9.17) is 0 Å². The zero-order valence-electron chi connectivity index (χ0n) is 13.6. The number of nitrogens with one attached hydrogen (secondary N) is 2. The number of rotatable bonds is 4. The lowest BCUT2D eigenvalue weighted by molar-refractivity contribution is 0.522. The highest BCUT2D eigenvalue weighted by Crippen LogP contribution is 2.23. The third-order valence-electron chi connectivity index (χ3n) is 4.09. The molecule has 22 heavy (non-hydrogen) atoms. The van der Waals surface area contributed by atoms with Crippen molar-refractivity contribution in [3.05, 3.63) is 53.0 Å². The van der Waals surface area contributed by atoms with E-state index in [1.165, 1.54) is 11.1 Å². The number of aromatic nitrogens is 2. The van der Waals surface area contributed by atoms with Crippen molar-refractivity contribution in [2.24, 2.45) is 0 Å². The molecule has 2 aromatic rings. The fraction of sp³-hybridized carbons (Fsp3) is 0.444. The first-order valence-electron chi connectivity index (χ1n) is 8.04. The predicted molar refractivity (Wildman–Crippen MR) is 90.2 cm³/mol. The molecule has 1 aromatic heterocycles. The summed E-state index contributed by atoms with van der Waals surface area (Å²) in [5, 5.41) is 7.07. The van der Waals surface area contributed by atoms with Gasteiger partial charge < -0.3 is 10.6 Å². The van der Waals surface area contributed by atoms with E-state index < -0.39 is 0 Å². The topological polar surface area (TPSA) is 49.8 Å². The molecule has 1 atom stereocenters. The summed E-state index contributed by atoms with van der Waals surface area (Å²) in [6.45, 7) is 8.14. The molecule has 4 nitrogen and oxygen atoms in total. The highest BCUT2D eigenvalue weighted by Gasteiger charge is 2.19. The zero-order chi connectivity index (χ0) is 15.5. The first kappa shape index (κ1) is 15.0. The molecule has 0 radical (unpaired) electrons. The Labute approximate surface area is 132 Å². The SMILES string of the molecule is Cc1cc(NCC2NCCc3ccccc32)nc(C(C)C)n1. The molecule has 0 spiro atoms. The van der Waals surface area contributed by atoms with E-state index in [1.807, 2.05) is 13.0 Å². The minimum Gasteiger partial charge on any atom is -0.368 e. The molecule has 1 aliphatic heterocycles. The second-order valence-electron chi connectivity index (χ2n) is 6.24. The maximum atomic E-state index is 4.62. The van der Waals surface area contributed by atoms with Gasteiger partial charge >= 0.3 is 0 Å². The van der Waals surface area contributed by atoms with Crippen LogP contribution in [0.5, 0.6) is 0 Å². The fourth-order valence-electron chi connectivity index (χ4n) is 2.92. The molecule has 2 heterocycles. The number of fused-ring (bicyclic) bond motifs is 1.